The molecule has 7 heteroatoms. The van der Waals surface area contributed by atoms with Crippen molar-refractivity contribution in [2.75, 3.05) is 0 Å². The second kappa shape index (κ2) is 8.16. The molecule has 0 bridgehead atoms. The van der Waals surface area contributed by atoms with Gasteiger partial charge in [0.05, 0.1) is 22.1 Å². The van der Waals surface area contributed by atoms with Gasteiger partial charge in [-0.05, 0) is 59.8 Å². The van der Waals surface area contributed by atoms with Crippen LogP contribution in [0, 0.1) is 3.57 Å². The first-order valence-electron chi connectivity index (χ1n) is 9.97. The maximum Gasteiger partial charge on any atom is 0.266 e. The number of fused-ring (bicyclic) bond motifs is 4. The molecule has 0 aliphatic rings. The van der Waals surface area contributed by atoms with Crippen LogP contribution in [0.1, 0.15) is 17.3 Å². The van der Waals surface area contributed by atoms with Gasteiger partial charge in [0.25, 0.3) is 5.56 Å². The minimum atomic E-state index is -0.136. The van der Waals surface area contributed by atoms with Gasteiger partial charge in [0.1, 0.15) is 11.3 Å². The van der Waals surface area contributed by atoms with Crippen LogP contribution >= 0.6 is 22.6 Å². The summed E-state index contributed by atoms with van der Waals surface area (Å²) in [5, 5.41) is 10.2. The van der Waals surface area contributed by atoms with E-state index in [-0.39, 0.29) is 11.3 Å². The predicted octanol–water partition coefficient (Wildman–Crippen LogP) is 6.41. The number of hydrogen-bond acceptors (Lipinski definition) is 4. The van der Waals surface area contributed by atoms with Crippen molar-refractivity contribution < 1.29 is 4.79 Å². The number of ketones is 1. The molecule has 0 saturated heterocycles. The Kier molecular flexibility index (Phi) is 5.18. The molecule has 6 nitrogen and oxygen atoms in total. The van der Waals surface area contributed by atoms with Crippen LogP contribution in [0.5, 0.6) is 0 Å². The van der Waals surface area contributed by atoms with Gasteiger partial charge in [-0.15, -0.1) is 5.11 Å². The molecule has 0 fully saturated rings. The summed E-state index contributed by atoms with van der Waals surface area (Å²) in [7, 11) is 0. The number of nitrogens with zero attached hydrogens (tertiary/aromatic N) is 3. The molecule has 0 amide bonds. The van der Waals surface area contributed by atoms with Crippen LogP contribution in [0.4, 0.5) is 5.69 Å². The molecule has 2 heterocycles. The number of para-hydroxylation sites is 1. The normalized spacial score (nSPS) is 12.4. The molecular formula is C25H17IN4O2. The first-order chi connectivity index (χ1) is 15.5. The number of benzene rings is 3. The number of aromatic nitrogens is 2. The second-order valence-corrected chi connectivity index (χ2v) is 8.63. The minimum Gasteiger partial charge on any atom is -0.339 e. The number of H-pyrrole nitrogens is 1. The lowest BCUT2D eigenvalue weighted by atomic mass is 10.1. The lowest BCUT2D eigenvalue weighted by Crippen LogP contribution is -2.13. The maximum atomic E-state index is 13.3. The molecule has 0 unspecified atom stereocenters. The number of carbonyl (C=O) groups is 1. The van der Waals surface area contributed by atoms with E-state index in [0.717, 1.165) is 20.0 Å². The van der Waals surface area contributed by atoms with Gasteiger partial charge in [-0.2, -0.15) is 5.11 Å². The van der Waals surface area contributed by atoms with Crippen molar-refractivity contribution in [3.05, 3.63) is 104 Å². The number of hydrogen-bond donors (Lipinski definition) is 1. The zero-order valence-electron chi connectivity index (χ0n) is 17.0. The molecule has 0 aliphatic heterocycles. The van der Waals surface area contributed by atoms with E-state index >= 15 is 0 Å². The van der Waals surface area contributed by atoms with Crippen molar-refractivity contribution in [2.24, 2.45) is 10.2 Å². The molecule has 5 aromatic rings. The number of carbonyl (C=O) groups excluding carboxylic acids is 1. The smallest absolute Gasteiger partial charge is 0.266 e. The Balaban J connectivity index is 1.69. The van der Waals surface area contributed by atoms with Crippen LogP contribution in [-0.2, 0) is 0 Å². The van der Waals surface area contributed by atoms with E-state index in [9.17, 15) is 9.59 Å². The number of nitrogens with one attached hydrogen (secondary N) is 1. The first-order valence-corrected chi connectivity index (χ1v) is 11.0. The standard InChI is InChI=1S/C25H17IN4O2/c1-15(13-22(31)16-7-3-2-4-8-16)28-29-23-19-14-17(26)11-12-21(19)30-24(23)27-20-10-6-5-9-18(20)25(30)32/h2-14,27H,1H3. The third-order valence-corrected chi connectivity index (χ3v) is 5.89. The summed E-state index contributed by atoms with van der Waals surface area (Å²) in [6.07, 6.45) is 1.46. The number of rotatable bonds is 4. The van der Waals surface area contributed by atoms with Gasteiger partial charge in [0.15, 0.2) is 5.78 Å². The van der Waals surface area contributed by atoms with Crippen molar-refractivity contribution in [1.29, 1.82) is 0 Å². The largest absolute Gasteiger partial charge is 0.339 e. The molecule has 0 atom stereocenters. The molecule has 5 rings (SSSR count). The summed E-state index contributed by atoms with van der Waals surface area (Å²) >= 11 is 2.23. The Hall–Kier alpha value is -3.59. The minimum absolute atomic E-state index is 0.117. The third kappa shape index (κ3) is 3.54. The summed E-state index contributed by atoms with van der Waals surface area (Å²) in [6, 6.07) is 22.2. The fraction of sp³-hybridized carbons (Fsp3) is 0.0400. The Labute approximate surface area is 196 Å². The zero-order valence-corrected chi connectivity index (χ0v) is 19.2. The van der Waals surface area contributed by atoms with Crippen LogP contribution in [0.25, 0.3) is 27.5 Å². The van der Waals surface area contributed by atoms with Crippen molar-refractivity contribution in [3.8, 4) is 0 Å². The van der Waals surface area contributed by atoms with Gasteiger partial charge in [-0.3, -0.25) is 14.0 Å². The van der Waals surface area contributed by atoms with Crippen LogP contribution in [0.3, 0.4) is 0 Å². The van der Waals surface area contributed by atoms with Gasteiger partial charge in [0, 0.05) is 20.6 Å². The Morgan fingerprint density at radius 1 is 1.00 bits per heavy atom. The highest BCUT2D eigenvalue weighted by molar-refractivity contribution is 14.1. The van der Waals surface area contributed by atoms with E-state index in [4.69, 9.17) is 0 Å². The van der Waals surface area contributed by atoms with Crippen molar-refractivity contribution in [1.82, 2.24) is 9.38 Å². The molecule has 1 N–H and O–H groups in total. The van der Waals surface area contributed by atoms with E-state index in [1.165, 1.54) is 6.08 Å². The molecule has 3 aromatic carbocycles. The van der Waals surface area contributed by atoms with Gasteiger partial charge in [-0.1, -0.05) is 42.5 Å². The summed E-state index contributed by atoms with van der Waals surface area (Å²) in [4.78, 5) is 29.0. The summed E-state index contributed by atoms with van der Waals surface area (Å²) in [5.41, 5.74) is 3.55. The average Bonchev–Trinajstić information content (AvgIpc) is 3.11. The lowest BCUT2D eigenvalue weighted by Gasteiger charge is -2.01. The van der Waals surface area contributed by atoms with E-state index in [2.05, 4.69) is 37.8 Å². The summed E-state index contributed by atoms with van der Waals surface area (Å²) < 4.78 is 2.65. The highest BCUT2D eigenvalue weighted by Crippen LogP contribution is 2.34. The van der Waals surface area contributed by atoms with Crippen molar-refractivity contribution >= 4 is 61.5 Å². The molecule has 0 spiro atoms. The van der Waals surface area contributed by atoms with Crippen LogP contribution in [0.15, 0.2) is 99.6 Å². The molecule has 0 saturated carbocycles. The summed E-state index contributed by atoms with van der Waals surface area (Å²) in [6.45, 7) is 1.73. The third-order valence-electron chi connectivity index (χ3n) is 5.22. The number of allylic oxidation sites excluding steroid dienone is 2. The molecule has 2 aromatic heterocycles. The van der Waals surface area contributed by atoms with Crippen LogP contribution in [-0.4, -0.2) is 15.2 Å². The number of azo groups is 1. The van der Waals surface area contributed by atoms with Gasteiger partial charge in [-0.25, -0.2) is 0 Å². The fourth-order valence-electron chi connectivity index (χ4n) is 3.73. The number of halogens is 1. The fourth-order valence-corrected chi connectivity index (χ4v) is 4.23. The lowest BCUT2D eigenvalue weighted by molar-refractivity contribution is 0.104. The Morgan fingerprint density at radius 2 is 1.75 bits per heavy atom. The predicted molar refractivity (Wildman–Crippen MR) is 135 cm³/mol. The van der Waals surface area contributed by atoms with Gasteiger partial charge < -0.3 is 4.98 Å². The van der Waals surface area contributed by atoms with Gasteiger partial charge in [0.2, 0.25) is 0 Å². The van der Waals surface area contributed by atoms with Crippen molar-refractivity contribution in [2.45, 2.75) is 6.92 Å². The average molecular weight is 532 g/mol. The SMILES string of the molecule is CC(=CC(=O)c1ccccc1)N=Nc1c2cc(I)ccc2n2c(=O)c3ccccc3[nH]c12. The second-order valence-electron chi connectivity index (χ2n) is 7.39. The maximum absolute atomic E-state index is 13.3. The van der Waals surface area contributed by atoms with E-state index < -0.39 is 0 Å². The van der Waals surface area contributed by atoms with E-state index in [1.807, 2.05) is 54.6 Å². The quantitative estimate of drug-likeness (QED) is 0.126. The molecule has 32 heavy (non-hydrogen) atoms. The number of aromatic amines is 1. The topological polar surface area (TPSA) is 79.1 Å². The Bertz CT molecular complexity index is 1630. The van der Waals surface area contributed by atoms with E-state index in [1.54, 1.807) is 29.5 Å². The molecule has 0 radical (unpaired) electrons. The molecular weight excluding hydrogens is 515 g/mol. The monoisotopic (exact) mass is 532 g/mol. The van der Waals surface area contributed by atoms with Crippen LogP contribution in [0.2, 0.25) is 0 Å². The van der Waals surface area contributed by atoms with Crippen molar-refractivity contribution in [3.63, 3.8) is 0 Å². The highest BCUT2D eigenvalue weighted by Gasteiger charge is 2.16. The Morgan fingerprint density at radius 3 is 2.56 bits per heavy atom. The first kappa shape index (κ1) is 20.3. The van der Waals surface area contributed by atoms with E-state index in [0.29, 0.717) is 28.0 Å². The van der Waals surface area contributed by atoms with Gasteiger partial charge >= 0.3 is 0 Å². The molecule has 156 valence electrons. The van der Waals surface area contributed by atoms with Crippen LogP contribution < -0.4 is 5.56 Å². The summed E-state index contributed by atoms with van der Waals surface area (Å²) in [5.74, 6) is -0.136. The zero-order chi connectivity index (χ0) is 22.2. The molecule has 0 aliphatic carbocycles. The highest BCUT2D eigenvalue weighted by atomic mass is 127.